The normalized spacial score (nSPS) is 11.0. The van der Waals surface area contributed by atoms with Gasteiger partial charge in [0, 0.05) is 0 Å². The average Bonchev–Trinajstić information content (AvgIpc) is 2.77. The molecule has 0 aliphatic rings. The van der Waals surface area contributed by atoms with Gasteiger partial charge >= 0.3 is 0 Å². The largest absolute Gasteiger partial charge is 0.342 e. The molecule has 0 atom stereocenters. The molecule has 4 nitrogen and oxygen atoms in total. The van der Waals surface area contributed by atoms with Crippen molar-refractivity contribution < 1.29 is 4.39 Å². The van der Waals surface area contributed by atoms with Crippen LogP contribution in [0.2, 0.25) is 0 Å². The van der Waals surface area contributed by atoms with Gasteiger partial charge in [-0.25, -0.2) is 14.1 Å². The Balaban J connectivity index is 2.22. The fourth-order valence-corrected chi connectivity index (χ4v) is 1.49. The van der Waals surface area contributed by atoms with Gasteiger partial charge in [0.15, 0.2) is 5.65 Å². The molecule has 0 fully saturated rings. The minimum atomic E-state index is -0.303. The van der Waals surface area contributed by atoms with E-state index in [-0.39, 0.29) is 5.82 Å². The summed E-state index contributed by atoms with van der Waals surface area (Å²) >= 11 is 0. The predicted octanol–water partition coefficient (Wildman–Crippen LogP) is 1.89. The smallest absolute Gasteiger partial charge is 0.199 e. The van der Waals surface area contributed by atoms with Crippen molar-refractivity contribution in [1.29, 1.82) is 0 Å². The zero-order valence-corrected chi connectivity index (χ0v) is 7.68. The van der Waals surface area contributed by atoms with Crippen LogP contribution in [-0.2, 0) is 0 Å². The molecule has 0 saturated carbocycles. The van der Waals surface area contributed by atoms with E-state index in [1.165, 1.54) is 10.7 Å². The lowest BCUT2D eigenvalue weighted by Gasteiger charge is -2.00. The van der Waals surface area contributed by atoms with Gasteiger partial charge in [-0.1, -0.05) is 12.1 Å². The number of imidazole rings is 1. The lowest BCUT2D eigenvalue weighted by molar-refractivity contribution is 0.611. The summed E-state index contributed by atoms with van der Waals surface area (Å²) in [5, 5.41) is 4.14. The number of nitrogens with zero attached hydrogens (tertiary/aromatic N) is 3. The number of nitrogens with one attached hydrogen (secondary N) is 1. The molecule has 3 aromatic rings. The fourth-order valence-electron chi connectivity index (χ4n) is 1.49. The first kappa shape index (κ1) is 8.16. The number of aromatic nitrogens is 4. The van der Waals surface area contributed by atoms with Crippen LogP contribution in [0.5, 0.6) is 0 Å². The zero-order chi connectivity index (χ0) is 10.3. The van der Waals surface area contributed by atoms with Crippen LogP contribution in [0, 0.1) is 5.82 Å². The topological polar surface area (TPSA) is 46.5 Å². The van der Waals surface area contributed by atoms with Gasteiger partial charge in [0.05, 0.1) is 12.5 Å². The van der Waals surface area contributed by atoms with E-state index in [4.69, 9.17) is 0 Å². The highest BCUT2D eigenvalue weighted by Crippen LogP contribution is 2.14. The molecule has 3 rings (SSSR count). The van der Waals surface area contributed by atoms with Crippen LogP contribution in [0.3, 0.4) is 0 Å². The number of fused-ring (bicyclic) bond motifs is 1. The van der Waals surface area contributed by atoms with E-state index in [1.807, 2.05) is 0 Å². The molecule has 0 aliphatic heterocycles. The second-order valence-corrected chi connectivity index (χ2v) is 3.16. The zero-order valence-electron chi connectivity index (χ0n) is 7.68. The number of hydrogen-bond acceptors (Lipinski definition) is 2. The molecule has 0 unspecified atom stereocenters. The van der Waals surface area contributed by atoms with Crippen molar-refractivity contribution in [2.75, 3.05) is 0 Å². The Hall–Kier alpha value is -2.17. The second kappa shape index (κ2) is 2.91. The van der Waals surface area contributed by atoms with Crippen molar-refractivity contribution >= 4 is 11.2 Å². The highest BCUT2D eigenvalue weighted by molar-refractivity contribution is 5.69. The van der Waals surface area contributed by atoms with Crippen molar-refractivity contribution in [1.82, 2.24) is 19.7 Å². The Morgan fingerprint density at radius 2 is 2.13 bits per heavy atom. The first-order valence-electron chi connectivity index (χ1n) is 4.48. The van der Waals surface area contributed by atoms with Gasteiger partial charge in [-0.15, -0.1) is 5.10 Å². The summed E-state index contributed by atoms with van der Waals surface area (Å²) in [4.78, 5) is 6.90. The maximum atomic E-state index is 13.4. The molecule has 0 amide bonds. The van der Waals surface area contributed by atoms with Crippen LogP contribution in [0.25, 0.3) is 16.9 Å². The standard InChI is InChI=1S/C10H7FN4/c11-7-3-1-2-4-9(7)15-5-8-10(14-15)13-6-12-8/h1-6H,(H,12,13,14). The van der Waals surface area contributed by atoms with Gasteiger partial charge in [-0.2, -0.15) is 0 Å². The van der Waals surface area contributed by atoms with Crippen LogP contribution in [0.1, 0.15) is 0 Å². The second-order valence-electron chi connectivity index (χ2n) is 3.16. The quantitative estimate of drug-likeness (QED) is 0.655. The van der Waals surface area contributed by atoms with Crippen LogP contribution in [-0.4, -0.2) is 19.7 Å². The van der Waals surface area contributed by atoms with Crippen LogP contribution >= 0.6 is 0 Å². The molecule has 0 radical (unpaired) electrons. The molecule has 2 heterocycles. The lowest BCUT2D eigenvalue weighted by Crippen LogP contribution is -1.97. The van der Waals surface area contributed by atoms with E-state index in [0.717, 1.165) is 5.52 Å². The van der Waals surface area contributed by atoms with Crippen LogP contribution in [0.4, 0.5) is 4.39 Å². The number of H-pyrrole nitrogens is 1. The van der Waals surface area contributed by atoms with E-state index in [2.05, 4.69) is 15.1 Å². The molecule has 2 aromatic heterocycles. The fraction of sp³-hybridized carbons (Fsp3) is 0. The van der Waals surface area contributed by atoms with Gasteiger partial charge in [-0.05, 0) is 12.1 Å². The molecule has 0 aliphatic carbocycles. The summed E-state index contributed by atoms with van der Waals surface area (Å²) in [6.45, 7) is 0. The Kier molecular flexibility index (Phi) is 1.58. The molecular weight excluding hydrogens is 195 g/mol. The number of benzene rings is 1. The van der Waals surface area contributed by atoms with E-state index in [1.54, 1.807) is 30.7 Å². The maximum Gasteiger partial charge on any atom is 0.199 e. The number of aromatic amines is 1. The van der Waals surface area contributed by atoms with Crippen molar-refractivity contribution in [3.8, 4) is 5.69 Å². The van der Waals surface area contributed by atoms with Crippen molar-refractivity contribution in [2.45, 2.75) is 0 Å². The summed E-state index contributed by atoms with van der Waals surface area (Å²) in [6.07, 6.45) is 3.27. The summed E-state index contributed by atoms with van der Waals surface area (Å²) < 4.78 is 14.9. The average molecular weight is 202 g/mol. The Bertz CT molecular complexity index is 582. The molecular formula is C10H7FN4. The molecule has 15 heavy (non-hydrogen) atoms. The first-order valence-corrected chi connectivity index (χ1v) is 4.48. The van der Waals surface area contributed by atoms with E-state index >= 15 is 0 Å². The van der Waals surface area contributed by atoms with Crippen LogP contribution < -0.4 is 0 Å². The third kappa shape index (κ3) is 1.20. The monoisotopic (exact) mass is 202 g/mol. The van der Waals surface area contributed by atoms with Gasteiger partial charge < -0.3 is 4.98 Å². The SMILES string of the molecule is Fc1ccccc1-n1cc2[nH]cnc2n1. The Morgan fingerprint density at radius 3 is 2.93 bits per heavy atom. The predicted molar refractivity (Wildman–Crippen MR) is 53.2 cm³/mol. The molecule has 5 heteroatoms. The minimum absolute atomic E-state index is 0.303. The minimum Gasteiger partial charge on any atom is -0.342 e. The van der Waals surface area contributed by atoms with E-state index in [9.17, 15) is 4.39 Å². The third-order valence-corrected chi connectivity index (χ3v) is 2.20. The highest BCUT2D eigenvalue weighted by atomic mass is 19.1. The first-order chi connectivity index (χ1) is 7.34. The summed E-state index contributed by atoms with van der Waals surface area (Å²) in [7, 11) is 0. The number of rotatable bonds is 1. The summed E-state index contributed by atoms with van der Waals surface area (Å²) in [5.41, 5.74) is 1.79. The number of halogens is 1. The molecule has 0 bridgehead atoms. The maximum absolute atomic E-state index is 13.4. The molecule has 1 aromatic carbocycles. The van der Waals surface area contributed by atoms with Gasteiger partial charge in [-0.3, -0.25) is 0 Å². The Labute approximate surface area is 84.4 Å². The van der Waals surface area contributed by atoms with Crippen LogP contribution in [0.15, 0.2) is 36.8 Å². The van der Waals surface area contributed by atoms with Gasteiger partial charge in [0.1, 0.15) is 17.0 Å². The summed E-state index contributed by atoms with van der Waals surface area (Å²) in [6, 6.07) is 6.48. The van der Waals surface area contributed by atoms with E-state index < -0.39 is 0 Å². The number of hydrogen-bond donors (Lipinski definition) is 1. The van der Waals surface area contributed by atoms with Crippen molar-refractivity contribution in [2.24, 2.45) is 0 Å². The van der Waals surface area contributed by atoms with Gasteiger partial charge in [0.25, 0.3) is 0 Å². The Morgan fingerprint density at radius 1 is 1.27 bits per heavy atom. The molecule has 74 valence electrons. The van der Waals surface area contributed by atoms with Crippen molar-refractivity contribution in [3.05, 3.63) is 42.6 Å². The van der Waals surface area contributed by atoms with Crippen molar-refractivity contribution in [3.63, 3.8) is 0 Å². The third-order valence-electron chi connectivity index (χ3n) is 2.20. The molecule has 0 saturated heterocycles. The molecule has 0 spiro atoms. The summed E-state index contributed by atoms with van der Waals surface area (Å²) in [5.74, 6) is -0.303. The van der Waals surface area contributed by atoms with Gasteiger partial charge in [0.2, 0.25) is 0 Å². The lowest BCUT2D eigenvalue weighted by atomic mass is 10.3. The molecule has 1 N–H and O–H groups in total. The highest BCUT2D eigenvalue weighted by Gasteiger charge is 2.07. The van der Waals surface area contributed by atoms with E-state index in [0.29, 0.717) is 11.3 Å². The number of para-hydroxylation sites is 1.